The third-order valence-electron chi connectivity index (χ3n) is 6.98. The van der Waals surface area contributed by atoms with Crippen LogP contribution < -0.4 is 0 Å². The van der Waals surface area contributed by atoms with Gasteiger partial charge in [-0.3, -0.25) is 4.79 Å². The second kappa shape index (κ2) is 11.2. The fraction of sp³-hybridized carbons (Fsp3) is 0.615. The molecule has 3 heterocycles. The van der Waals surface area contributed by atoms with E-state index in [9.17, 15) is 14.7 Å². The van der Waals surface area contributed by atoms with Crippen molar-refractivity contribution < 1.29 is 29.3 Å². The van der Waals surface area contributed by atoms with Crippen LogP contribution >= 0.6 is 0 Å². The highest BCUT2D eigenvalue weighted by molar-refractivity contribution is 5.85. The van der Waals surface area contributed by atoms with Gasteiger partial charge in [0.25, 0.3) is 0 Å². The number of aliphatic hydroxyl groups excluding tert-OH is 1. The van der Waals surface area contributed by atoms with E-state index in [1.165, 1.54) is 11.6 Å². The quantitative estimate of drug-likeness (QED) is 0.421. The lowest BCUT2D eigenvalue weighted by Gasteiger charge is -2.48. The lowest BCUT2D eigenvalue weighted by molar-refractivity contribution is -0.150. The molecule has 7 nitrogen and oxygen atoms in total. The molecule has 0 saturated carbocycles. The van der Waals surface area contributed by atoms with Crippen LogP contribution in [0.4, 0.5) is 0 Å². The molecule has 3 aliphatic rings. The third-order valence-corrected chi connectivity index (χ3v) is 6.98. The van der Waals surface area contributed by atoms with Gasteiger partial charge in [-0.15, -0.1) is 0 Å². The maximum atomic E-state index is 12.2. The number of aromatic carboxylic acids is 1. The van der Waals surface area contributed by atoms with Crippen LogP contribution in [-0.2, 0) is 14.3 Å². The number of aromatic nitrogens is 1. The molecule has 182 valence electrons. The summed E-state index contributed by atoms with van der Waals surface area (Å²) in [4.78, 5) is 24.8. The number of nitrogens with one attached hydrogen (secondary N) is 1. The van der Waals surface area contributed by atoms with Gasteiger partial charge in [-0.2, -0.15) is 0 Å². The predicted octanol–water partition coefficient (Wildman–Crippen LogP) is 4.50. The topological polar surface area (TPSA) is 109 Å². The number of rotatable bonds is 1. The first-order valence-corrected chi connectivity index (χ1v) is 12.0. The smallest absolute Gasteiger partial charge is 0.352 e. The van der Waals surface area contributed by atoms with E-state index < -0.39 is 11.6 Å². The number of aromatic amines is 1. The van der Waals surface area contributed by atoms with Crippen LogP contribution in [0.25, 0.3) is 0 Å². The largest absolute Gasteiger partial charge is 0.477 e. The van der Waals surface area contributed by atoms with Gasteiger partial charge >= 0.3 is 11.9 Å². The first-order chi connectivity index (χ1) is 15.7. The van der Waals surface area contributed by atoms with Crippen LogP contribution in [0.5, 0.6) is 0 Å². The Labute approximate surface area is 195 Å². The molecule has 0 amide bonds. The monoisotopic (exact) mass is 459 g/mol. The summed E-state index contributed by atoms with van der Waals surface area (Å²) in [6.07, 6.45) is 12.2. The highest BCUT2D eigenvalue weighted by Crippen LogP contribution is 2.49. The molecule has 1 fully saturated rings. The Morgan fingerprint density at radius 2 is 2.06 bits per heavy atom. The Morgan fingerprint density at radius 1 is 1.27 bits per heavy atom. The van der Waals surface area contributed by atoms with Gasteiger partial charge in [0.1, 0.15) is 11.3 Å². The molecule has 0 radical (unpaired) electrons. The Morgan fingerprint density at radius 3 is 2.73 bits per heavy atom. The van der Waals surface area contributed by atoms with Crippen molar-refractivity contribution in [2.75, 3.05) is 6.61 Å². The molecule has 0 aromatic carbocycles. The molecule has 0 bridgehead atoms. The van der Waals surface area contributed by atoms with Crippen LogP contribution in [0.2, 0.25) is 0 Å². The molecule has 1 aliphatic carbocycles. The lowest BCUT2D eigenvalue weighted by Crippen LogP contribution is -2.53. The molecule has 1 saturated heterocycles. The summed E-state index contributed by atoms with van der Waals surface area (Å²) < 4.78 is 12.1. The van der Waals surface area contributed by atoms with E-state index in [1.807, 2.05) is 6.92 Å². The fourth-order valence-electron chi connectivity index (χ4n) is 5.60. The van der Waals surface area contributed by atoms with Gasteiger partial charge in [0.15, 0.2) is 0 Å². The molecule has 4 unspecified atom stereocenters. The zero-order valence-corrected chi connectivity index (χ0v) is 19.8. The molecule has 7 heteroatoms. The highest BCUT2D eigenvalue weighted by Gasteiger charge is 2.51. The van der Waals surface area contributed by atoms with E-state index in [0.29, 0.717) is 25.4 Å². The van der Waals surface area contributed by atoms with E-state index in [0.717, 1.165) is 25.7 Å². The molecule has 1 spiro atoms. The van der Waals surface area contributed by atoms with Crippen LogP contribution in [0, 0.1) is 17.8 Å². The summed E-state index contributed by atoms with van der Waals surface area (Å²) in [6.45, 7) is 6.95. The summed E-state index contributed by atoms with van der Waals surface area (Å²) in [7, 11) is 0. The average Bonchev–Trinajstić information content (AvgIpc) is 3.24. The molecule has 33 heavy (non-hydrogen) atoms. The molecule has 3 N–H and O–H groups in total. The molecular formula is C26H37NO6. The van der Waals surface area contributed by atoms with Gasteiger partial charge in [-0.25, -0.2) is 4.79 Å². The van der Waals surface area contributed by atoms with Crippen molar-refractivity contribution in [3.63, 3.8) is 0 Å². The first kappa shape index (κ1) is 25.2. The zero-order valence-electron chi connectivity index (χ0n) is 19.8. The molecule has 4 rings (SSSR count). The minimum absolute atomic E-state index is 0.0580. The second-order valence-electron chi connectivity index (χ2n) is 9.52. The number of aliphatic hydroxyl groups is 1. The van der Waals surface area contributed by atoms with Crippen molar-refractivity contribution in [2.45, 2.75) is 77.1 Å². The molecule has 2 aliphatic heterocycles. The number of esters is 1. The van der Waals surface area contributed by atoms with Crippen molar-refractivity contribution >= 4 is 11.9 Å². The summed E-state index contributed by atoms with van der Waals surface area (Å²) in [5.74, 6) is -0.591. The van der Waals surface area contributed by atoms with Crippen molar-refractivity contribution in [2.24, 2.45) is 17.8 Å². The van der Waals surface area contributed by atoms with Gasteiger partial charge in [0, 0.05) is 31.1 Å². The van der Waals surface area contributed by atoms with Crippen LogP contribution in [0.1, 0.15) is 69.8 Å². The van der Waals surface area contributed by atoms with Crippen LogP contribution in [0.3, 0.4) is 0 Å². The standard InChI is InChI=1S/C21H32O4.C5H5NO2/c1-14-12-15(2)21-17(9-10-20(23)25-16(3)13-14)6-4-7-18(21)19(22)8-5-11-24-21;7-5(8)4-2-1-3-6-4/h4,6,12,14,16-19,22H,5,7-11,13H2,1-3H3;1-3,6H,(H,7,8)/b15-12+;/t14?,16-,17?,18?,19?,21-;/m0./s1. The number of ether oxygens (including phenoxy) is 2. The van der Waals surface area contributed by atoms with Gasteiger partial charge in [-0.1, -0.05) is 25.2 Å². The number of hydrogen-bond acceptors (Lipinski definition) is 5. The maximum absolute atomic E-state index is 12.2. The van der Waals surface area contributed by atoms with E-state index in [4.69, 9.17) is 14.6 Å². The van der Waals surface area contributed by atoms with Gasteiger partial charge in [0.05, 0.1) is 12.2 Å². The summed E-state index contributed by atoms with van der Waals surface area (Å²) >= 11 is 0. The number of cyclic esters (lactones) is 1. The fourth-order valence-corrected chi connectivity index (χ4v) is 5.60. The Balaban J connectivity index is 0.000000323. The Bertz CT molecular complexity index is 860. The number of allylic oxidation sites excluding steroid dienone is 2. The van der Waals surface area contributed by atoms with E-state index >= 15 is 0 Å². The lowest BCUT2D eigenvalue weighted by atomic mass is 9.64. The Hall–Kier alpha value is -2.38. The maximum Gasteiger partial charge on any atom is 0.352 e. The minimum Gasteiger partial charge on any atom is -0.477 e. The predicted molar refractivity (Wildman–Crippen MR) is 125 cm³/mol. The summed E-state index contributed by atoms with van der Waals surface area (Å²) in [5, 5.41) is 19.0. The summed E-state index contributed by atoms with van der Waals surface area (Å²) in [6, 6.07) is 3.14. The molecule has 1 aromatic heterocycles. The third kappa shape index (κ3) is 5.95. The van der Waals surface area contributed by atoms with E-state index in [1.54, 1.807) is 12.3 Å². The minimum atomic E-state index is -0.921. The normalized spacial score (nSPS) is 36.3. The number of carbonyl (C=O) groups excluding carboxylic acids is 1. The number of carboxylic acid groups (broad SMARTS) is 1. The van der Waals surface area contributed by atoms with Crippen molar-refractivity contribution in [1.29, 1.82) is 0 Å². The molecule has 6 atom stereocenters. The first-order valence-electron chi connectivity index (χ1n) is 12.0. The highest BCUT2D eigenvalue weighted by atomic mass is 16.5. The van der Waals surface area contributed by atoms with Gasteiger partial charge in [-0.05, 0) is 69.6 Å². The summed E-state index contributed by atoms with van der Waals surface area (Å²) in [5.41, 5.74) is 0.944. The second-order valence-corrected chi connectivity index (χ2v) is 9.52. The number of carbonyl (C=O) groups is 2. The van der Waals surface area contributed by atoms with Crippen molar-refractivity contribution in [1.82, 2.24) is 4.98 Å². The van der Waals surface area contributed by atoms with E-state index in [2.05, 4.69) is 37.1 Å². The molecule has 1 aromatic rings. The number of carboxylic acids is 1. The van der Waals surface area contributed by atoms with Crippen LogP contribution in [-0.4, -0.2) is 51.6 Å². The van der Waals surface area contributed by atoms with Crippen LogP contribution in [0.15, 0.2) is 42.1 Å². The Kier molecular flexibility index (Phi) is 8.54. The number of hydrogen-bond donors (Lipinski definition) is 3. The SMILES string of the molecule is C/C1=C\C(C)C[C@H](C)OC(=O)CCC2C=CCC3C(O)CCCO[C@@]123.O=C(O)c1ccc[nH]1. The van der Waals surface area contributed by atoms with Gasteiger partial charge < -0.3 is 24.7 Å². The van der Waals surface area contributed by atoms with Crippen molar-refractivity contribution in [3.05, 3.63) is 47.8 Å². The number of H-pyrrole nitrogens is 1. The van der Waals surface area contributed by atoms with E-state index in [-0.39, 0.29) is 35.7 Å². The molecular weight excluding hydrogens is 422 g/mol. The zero-order chi connectivity index (χ0) is 24.0. The van der Waals surface area contributed by atoms with Crippen molar-refractivity contribution in [3.8, 4) is 0 Å². The van der Waals surface area contributed by atoms with Gasteiger partial charge in [0.2, 0.25) is 0 Å². The average molecular weight is 460 g/mol.